The highest BCUT2D eigenvalue weighted by Gasteiger charge is 2.33. The summed E-state index contributed by atoms with van der Waals surface area (Å²) in [5.41, 5.74) is 4.65. The molecule has 0 amide bonds. The lowest BCUT2D eigenvalue weighted by molar-refractivity contribution is 0.114. The second-order valence-corrected chi connectivity index (χ2v) is 12.0. The fourth-order valence-electron chi connectivity index (χ4n) is 5.75. The van der Waals surface area contributed by atoms with Crippen molar-refractivity contribution in [3.63, 3.8) is 0 Å². The maximum atomic E-state index is 5.59. The number of aromatic nitrogens is 6. The Morgan fingerprint density at radius 3 is 2.73 bits per heavy atom. The van der Waals surface area contributed by atoms with Crippen LogP contribution in [0.5, 0.6) is 5.75 Å². The van der Waals surface area contributed by atoms with Crippen molar-refractivity contribution in [1.82, 2.24) is 34.7 Å². The molecule has 1 aliphatic heterocycles. The van der Waals surface area contributed by atoms with Crippen LogP contribution in [0.15, 0.2) is 24.8 Å². The van der Waals surface area contributed by atoms with Gasteiger partial charge in [0.25, 0.3) is 0 Å². The number of hydrogen-bond donors (Lipinski definition) is 1. The highest BCUT2D eigenvalue weighted by atomic mass is 32.1. The van der Waals surface area contributed by atoms with Crippen LogP contribution >= 0.6 is 11.3 Å². The lowest BCUT2D eigenvalue weighted by Gasteiger charge is -2.46. The van der Waals surface area contributed by atoms with E-state index in [1.165, 1.54) is 37.1 Å². The topological polar surface area (TPSA) is 87.5 Å². The van der Waals surface area contributed by atoms with E-state index in [9.17, 15) is 0 Å². The molecule has 5 heterocycles. The molecule has 0 spiro atoms. The van der Waals surface area contributed by atoms with Gasteiger partial charge in [-0.15, -0.1) is 0 Å². The van der Waals surface area contributed by atoms with Gasteiger partial charge in [0.15, 0.2) is 11.4 Å². The SMILES string of the molecule is COc1cc(-c2n[nH]c(-c3ncc(N4C[C@H](C)N(CC5CCC5)C[C@H]4C)s3)c2C(C)C)cn2ncnc12. The number of rotatable bonds is 7. The molecule has 4 aromatic rings. The Kier molecular flexibility index (Phi) is 6.40. The molecule has 6 rings (SSSR count). The third kappa shape index (κ3) is 4.40. The standard InChI is InChI=1S/C27H36N8OS/c1-16(2)23-24(20-9-21(36-5)26-29-15-30-35(26)14-20)31-32-25(23)27-28-10-22(37-27)34-12-17(3)33(11-18(34)4)13-19-7-6-8-19/h9-10,14-19H,6-8,11-13H2,1-5H3,(H,31,32)/t17-,18+/m0/s1. The maximum absolute atomic E-state index is 5.59. The largest absolute Gasteiger partial charge is 0.493 e. The Bertz CT molecular complexity index is 1390. The zero-order valence-electron chi connectivity index (χ0n) is 22.3. The fraction of sp³-hybridized carbons (Fsp3) is 0.556. The van der Waals surface area contributed by atoms with Gasteiger partial charge in [-0.3, -0.25) is 10.00 Å². The second-order valence-electron chi connectivity index (χ2n) is 10.9. The number of ether oxygens (including phenoxy) is 1. The van der Waals surface area contributed by atoms with Gasteiger partial charge in [0.2, 0.25) is 0 Å². The van der Waals surface area contributed by atoms with Crippen molar-refractivity contribution in [2.75, 3.05) is 31.6 Å². The van der Waals surface area contributed by atoms with Crippen LogP contribution in [0.1, 0.15) is 58.4 Å². The molecule has 2 atom stereocenters. The van der Waals surface area contributed by atoms with Gasteiger partial charge in [-0.25, -0.2) is 14.5 Å². The normalized spacial score (nSPS) is 21.2. The minimum absolute atomic E-state index is 0.252. The fourth-order valence-corrected chi connectivity index (χ4v) is 6.79. The molecule has 10 heteroatoms. The van der Waals surface area contributed by atoms with Gasteiger partial charge in [-0.05, 0) is 44.6 Å². The number of nitrogens with zero attached hydrogens (tertiary/aromatic N) is 7. The Labute approximate surface area is 221 Å². The molecule has 0 radical (unpaired) electrons. The van der Waals surface area contributed by atoms with Crippen molar-refractivity contribution in [2.24, 2.45) is 5.92 Å². The molecule has 1 saturated carbocycles. The summed E-state index contributed by atoms with van der Waals surface area (Å²) in [6.07, 6.45) is 9.75. The summed E-state index contributed by atoms with van der Waals surface area (Å²) in [5.74, 6) is 1.83. The third-order valence-electron chi connectivity index (χ3n) is 8.04. The first-order chi connectivity index (χ1) is 17.9. The summed E-state index contributed by atoms with van der Waals surface area (Å²) in [6.45, 7) is 12.5. The van der Waals surface area contributed by atoms with Crippen LogP contribution in [-0.4, -0.2) is 73.5 Å². The summed E-state index contributed by atoms with van der Waals surface area (Å²) in [7, 11) is 1.65. The van der Waals surface area contributed by atoms with Gasteiger partial charge >= 0.3 is 0 Å². The van der Waals surface area contributed by atoms with Gasteiger partial charge in [0, 0.05) is 49.0 Å². The molecule has 9 nitrogen and oxygen atoms in total. The molecule has 1 aliphatic carbocycles. The maximum Gasteiger partial charge on any atom is 0.197 e. The van der Waals surface area contributed by atoms with Crippen molar-refractivity contribution < 1.29 is 4.74 Å². The van der Waals surface area contributed by atoms with Crippen LogP contribution in [0, 0.1) is 5.92 Å². The van der Waals surface area contributed by atoms with Crippen LogP contribution < -0.4 is 9.64 Å². The Balaban J connectivity index is 1.29. The molecule has 0 aromatic carbocycles. The summed E-state index contributed by atoms with van der Waals surface area (Å²) < 4.78 is 7.32. The molecule has 2 fully saturated rings. The molecular weight excluding hydrogens is 484 g/mol. The lowest BCUT2D eigenvalue weighted by Crippen LogP contribution is -2.57. The lowest BCUT2D eigenvalue weighted by atomic mass is 9.84. The monoisotopic (exact) mass is 520 g/mol. The van der Waals surface area contributed by atoms with Gasteiger partial charge in [-0.2, -0.15) is 10.2 Å². The summed E-state index contributed by atoms with van der Waals surface area (Å²) >= 11 is 1.75. The zero-order chi connectivity index (χ0) is 25.7. The third-order valence-corrected chi connectivity index (χ3v) is 9.09. The number of methoxy groups -OCH3 is 1. The minimum Gasteiger partial charge on any atom is -0.493 e. The van der Waals surface area contributed by atoms with Crippen LogP contribution in [0.3, 0.4) is 0 Å². The number of thiazole rings is 1. The summed E-state index contributed by atoms with van der Waals surface area (Å²) in [6, 6.07) is 3.00. The quantitative estimate of drug-likeness (QED) is 0.364. The van der Waals surface area contributed by atoms with Crippen LogP contribution in [0.2, 0.25) is 0 Å². The number of piperazine rings is 1. The number of fused-ring (bicyclic) bond motifs is 1. The predicted octanol–water partition coefficient (Wildman–Crippen LogP) is 5.07. The van der Waals surface area contributed by atoms with Gasteiger partial charge < -0.3 is 9.64 Å². The number of hydrogen-bond acceptors (Lipinski definition) is 8. The molecule has 37 heavy (non-hydrogen) atoms. The van der Waals surface area contributed by atoms with E-state index in [0.717, 1.165) is 46.5 Å². The van der Waals surface area contributed by atoms with Gasteiger partial charge in [-0.1, -0.05) is 31.6 Å². The van der Waals surface area contributed by atoms with Gasteiger partial charge in [0.05, 0.1) is 24.7 Å². The first-order valence-electron chi connectivity index (χ1n) is 13.4. The van der Waals surface area contributed by atoms with E-state index >= 15 is 0 Å². The number of anilines is 1. The van der Waals surface area contributed by atoms with E-state index in [1.807, 2.05) is 18.5 Å². The predicted molar refractivity (Wildman–Crippen MR) is 148 cm³/mol. The van der Waals surface area contributed by atoms with Crippen LogP contribution in [0.4, 0.5) is 5.00 Å². The molecule has 196 valence electrons. The van der Waals surface area contributed by atoms with E-state index in [0.29, 0.717) is 23.5 Å². The van der Waals surface area contributed by atoms with Crippen molar-refractivity contribution in [3.8, 4) is 27.7 Å². The Morgan fingerprint density at radius 2 is 2.00 bits per heavy atom. The number of nitrogens with one attached hydrogen (secondary N) is 1. The molecule has 1 saturated heterocycles. The minimum atomic E-state index is 0.252. The van der Waals surface area contributed by atoms with E-state index < -0.39 is 0 Å². The van der Waals surface area contributed by atoms with Crippen molar-refractivity contribution in [1.29, 1.82) is 0 Å². The second kappa shape index (κ2) is 9.72. The first-order valence-corrected chi connectivity index (χ1v) is 14.2. The van der Waals surface area contributed by atoms with Crippen molar-refractivity contribution in [2.45, 2.75) is 65.0 Å². The first kappa shape index (κ1) is 24.4. The van der Waals surface area contributed by atoms with Crippen molar-refractivity contribution in [3.05, 3.63) is 30.4 Å². The highest BCUT2D eigenvalue weighted by molar-refractivity contribution is 7.18. The summed E-state index contributed by atoms with van der Waals surface area (Å²) in [4.78, 5) is 14.4. The smallest absolute Gasteiger partial charge is 0.197 e. The van der Waals surface area contributed by atoms with Crippen LogP contribution in [0.25, 0.3) is 27.6 Å². The van der Waals surface area contributed by atoms with Crippen molar-refractivity contribution >= 4 is 22.0 Å². The number of pyridine rings is 1. The molecule has 0 unspecified atom stereocenters. The van der Waals surface area contributed by atoms with E-state index in [-0.39, 0.29) is 5.92 Å². The van der Waals surface area contributed by atoms with Gasteiger partial charge in [0.1, 0.15) is 16.3 Å². The molecule has 1 N–H and O–H groups in total. The molecule has 0 bridgehead atoms. The Morgan fingerprint density at radius 1 is 1.16 bits per heavy atom. The molecular formula is C27H36N8OS. The number of aromatic amines is 1. The Hall–Kier alpha value is -2.98. The van der Waals surface area contributed by atoms with E-state index in [2.05, 4.69) is 52.7 Å². The summed E-state index contributed by atoms with van der Waals surface area (Å²) in [5, 5.41) is 14.6. The molecule has 4 aromatic heterocycles. The highest BCUT2D eigenvalue weighted by Crippen LogP contribution is 2.40. The average Bonchev–Trinajstić information content (AvgIpc) is 3.61. The molecule has 2 aliphatic rings. The zero-order valence-corrected chi connectivity index (χ0v) is 23.1. The van der Waals surface area contributed by atoms with E-state index in [4.69, 9.17) is 14.8 Å². The number of H-pyrrole nitrogens is 1. The average molecular weight is 521 g/mol. The van der Waals surface area contributed by atoms with E-state index in [1.54, 1.807) is 23.0 Å². The van der Waals surface area contributed by atoms with Crippen LogP contribution in [-0.2, 0) is 0 Å².